The van der Waals surface area contributed by atoms with Gasteiger partial charge in [0.15, 0.2) is 11.6 Å². The van der Waals surface area contributed by atoms with Gasteiger partial charge in [-0.15, -0.1) is 5.10 Å². The zero-order valence-corrected chi connectivity index (χ0v) is 17.5. The highest BCUT2D eigenvalue weighted by molar-refractivity contribution is 6.39. The first kappa shape index (κ1) is 19.9. The summed E-state index contributed by atoms with van der Waals surface area (Å²) in [6.45, 7) is 1.79. The number of carbonyl (C=O) groups is 1. The van der Waals surface area contributed by atoms with E-state index in [4.69, 9.17) is 33.7 Å². The van der Waals surface area contributed by atoms with Crippen molar-refractivity contribution in [2.24, 2.45) is 10.8 Å². The van der Waals surface area contributed by atoms with Crippen LogP contribution in [0.4, 0.5) is 17.5 Å². The van der Waals surface area contributed by atoms with E-state index >= 15 is 0 Å². The van der Waals surface area contributed by atoms with Crippen LogP contribution in [0.2, 0.25) is 10.0 Å². The molecular weight excluding hydrogens is 427 g/mol. The van der Waals surface area contributed by atoms with Gasteiger partial charge in [-0.25, -0.2) is 9.99 Å². The quantitative estimate of drug-likeness (QED) is 0.629. The molecule has 1 amide bonds. The third-order valence-electron chi connectivity index (χ3n) is 4.51. The Balaban J connectivity index is 1.65. The molecule has 0 atom stereocenters. The molecule has 0 bridgehead atoms. The summed E-state index contributed by atoms with van der Waals surface area (Å²) in [6, 6.07) is 10.3. The van der Waals surface area contributed by atoms with E-state index in [1.807, 2.05) is 0 Å². The number of hydrogen-bond acceptors (Lipinski definition) is 7. The Kier molecular flexibility index (Phi) is 5.19. The van der Waals surface area contributed by atoms with E-state index in [9.17, 15) is 4.79 Å². The number of nitrogens with zero attached hydrogens (tertiary/aromatic N) is 4. The van der Waals surface area contributed by atoms with Crippen LogP contribution in [0.15, 0.2) is 47.7 Å². The Bertz CT molecular complexity index is 1180. The van der Waals surface area contributed by atoms with Crippen LogP contribution >= 0.6 is 23.2 Å². The number of benzene rings is 2. The second kappa shape index (κ2) is 7.81. The average Bonchev–Trinajstić information content (AvgIpc) is 2.70. The van der Waals surface area contributed by atoms with Crippen LogP contribution in [0.1, 0.15) is 21.5 Å². The summed E-state index contributed by atoms with van der Waals surface area (Å²) in [4.78, 5) is 20.3. The number of aromatic nitrogens is 2. The SMILES string of the molecule is Cc1c(Nc2ncc3c(n2)N(C)N=C(c2c(Cl)cccc2Cl)O3)cccc1C(N)=O. The molecule has 152 valence electrons. The molecule has 3 N–H and O–H groups in total. The second-order valence-corrected chi connectivity index (χ2v) is 7.29. The maximum Gasteiger partial charge on any atom is 0.249 e. The molecule has 30 heavy (non-hydrogen) atoms. The van der Waals surface area contributed by atoms with Crippen LogP contribution in [-0.4, -0.2) is 28.8 Å². The first-order chi connectivity index (χ1) is 14.3. The fraction of sp³-hybridized carbons (Fsp3) is 0.100. The summed E-state index contributed by atoms with van der Waals surface area (Å²) in [5.41, 5.74) is 7.68. The predicted octanol–water partition coefficient (Wildman–Crippen LogP) is 4.12. The molecule has 0 radical (unpaired) electrons. The van der Waals surface area contributed by atoms with Crippen LogP contribution in [0.25, 0.3) is 0 Å². The number of hydrazone groups is 1. The Labute approximate surface area is 182 Å². The molecule has 0 fully saturated rings. The van der Waals surface area contributed by atoms with Gasteiger partial charge in [0.1, 0.15) is 0 Å². The summed E-state index contributed by atoms with van der Waals surface area (Å²) in [7, 11) is 1.72. The Morgan fingerprint density at radius 1 is 1.17 bits per heavy atom. The number of ether oxygens (including phenoxy) is 1. The van der Waals surface area contributed by atoms with Crippen molar-refractivity contribution >= 4 is 52.5 Å². The highest BCUT2D eigenvalue weighted by atomic mass is 35.5. The lowest BCUT2D eigenvalue weighted by Crippen LogP contribution is -2.26. The minimum absolute atomic E-state index is 0.245. The van der Waals surface area contributed by atoms with Crippen molar-refractivity contribution in [1.82, 2.24) is 9.97 Å². The smallest absolute Gasteiger partial charge is 0.249 e. The van der Waals surface area contributed by atoms with Crippen molar-refractivity contribution in [3.63, 3.8) is 0 Å². The number of primary amides is 1. The van der Waals surface area contributed by atoms with Crippen molar-refractivity contribution in [3.05, 3.63) is 69.3 Å². The third-order valence-corrected chi connectivity index (χ3v) is 5.14. The van der Waals surface area contributed by atoms with Gasteiger partial charge in [0.05, 0.1) is 21.8 Å². The van der Waals surface area contributed by atoms with Crippen LogP contribution in [0.5, 0.6) is 5.75 Å². The Morgan fingerprint density at radius 3 is 2.57 bits per heavy atom. The molecule has 0 spiro atoms. The predicted molar refractivity (Wildman–Crippen MR) is 117 cm³/mol. The van der Waals surface area contributed by atoms with E-state index in [1.54, 1.807) is 55.4 Å². The highest BCUT2D eigenvalue weighted by Crippen LogP contribution is 2.34. The normalized spacial score (nSPS) is 12.7. The lowest BCUT2D eigenvalue weighted by Gasteiger charge is -2.24. The van der Waals surface area contributed by atoms with Gasteiger partial charge >= 0.3 is 0 Å². The van der Waals surface area contributed by atoms with Gasteiger partial charge in [-0.3, -0.25) is 4.79 Å². The van der Waals surface area contributed by atoms with Crippen molar-refractivity contribution in [1.29, 1.82) is 0 Å². The molecule has 4 rings (SSSR count). The zero-order chi connectivity index (χ0) is 21.4. The molecular formula is C20H16Cl2N6O2. The van der Waals surface area contributed by atoms with Crippen molar-refractivity contribution in [2.75, 3.05) is 17.4 Å². The largest absolute Gasteiger partial charge is 0.431 e. The van der Waals surface area contributed by atoms with E-state index in [1.165, 1.54) is 6.20 Å². The topological polar surface area (TPSA) is 106 Å². The lowest BCUT2D eigenvalue weighted by atomic mass is 10.1. The molecule has 2 heterocycles. The maximum atomic E-state index is 11.6. The van der Waals surface area contributed by atoms with Crippen LogP contribution in [0.3, 0.4) is 0 Å². The van der Waals surface area contributed by atoms with Crippen LogP contribution in [0, 0.1) is 6.92 Å². The van der Waals surface area contributed by atoms with Gasteiger partial charge in [-0.1, -0.05) is 35.3 Å². The monoisotopic (exact) mass is 442 g/mol. The van der Waals surface area contributed by atoms with Crippen molar-refractivity contribution < 1.29 is 9.53 Å². The van der Waals surface area contributed by atoms with Gasteiger partial charge < -0.3 is 15.8 Å². The van der Waals surface area contributed by atoms with Crippen molar-refractivity contribution in [3.8, 4) is 5.75 Å². The minimum atomic E-state index is -0.504. The fourth-order valence-electron chi connectivity index (χ4n) is 3.00. The summed E-state index contributed by atoms with van der Waals surface area (Å²) < 4.78 is 5.86. The molecule has 2 aromatic carbocycles. The number of nitrogens with two attached hydrogens (primary N) is 1. The summed E-state index contributed by atoms with van der Waals surface area (Å²) in [5.74, 6) is 0.892. The van der Waals surface area contributed by atoms with E-state index in [2.05, 4.69) is 20.4 Å². The lowest BCUT2D eigenvalue weighted by molar-refractivity contribution is 0.0999. The number of hydrogen-bond donors (Lipinski definition) is 2. The molecule has 0 aliphatic carbocycles. The van der Waals surface area contributed by atoms with Crippen LogP contribution in [-0.2, 0) is 0 Å². The first-order valence-corrected chi connectivity index (χ1v) is 9.59. The summed E-state index contributed by atoms with van der Waals surface area (Å²) >= 11 is 12.5. The summed E-state index contributed by atoms with van der Waals surface area (Å²) in [5, 5.41) is 9.88. The Morgan fingerprint density at radius 2 is 1.87 bits per heavy atom. The number of nitrogens with one attached hydrogen (secondary N) is 1. The standard InChI is InChI=1S/C20H16Cl2N6O2/c1-10-11(17(23)29)5-3-8-14(10)25-20-24-9-15-18(26-20)28(2)27-19(30-15)16-12(21)6-4-7-13(16)22/h3-9H,1-2H3,(H2,23,29)(H,24,25,26). The molecule has 0 saturated heterocycles. The van der Waals surface area contributed by atoms with Gasteiger partial charge in [0.25, 0.3) is 0 Å². The van der Waals surface area contributed by atoms with E-state index < -0.39 is 5.91 Å². The number of halogens is 2. The van der Waals surface area contributed by atoms with E-state index in [-0.39, 0.29) is 5.90 Å². The van der Waals surface area contributed by atoms with Crippen molar-refractivity contribution in [2.45, 2.75) is 6.92 Å². The second-order valence-electron chi connectivity index (χ2n) is 6.48. The van der Waals surface area contributed by atoms with Crippen LogP contribution < -0.4 is 20.8 Å². The molecule has 10 heteroatoms. The highest BCUT2D eigenvalue weighted by Gasteiger charge is 2.25. The molecule has 1 aromatic heterocycles. The van der Waals surface area contributed by atoms with Gasteiger partial charge in [0, 0.05) is 18.3 Å². The molecule has 0 saturated carbocycles. The molecule has 1 aliphatic rings. The fourth-order valence-corrected chi connectivity index (χ4v) is 3.55. The molecule has 8 nitrogen and oxygen atoms in total. The van der Waals surface area contributed by atoms with Gasteiger partial charge in [0.2, 0.25) is 17.8 Å². The zero-order valence-electron chi connectivity index (χ0n) is 16.0. The third kappa shape index (κ3) is 3.62. The summed E-state index contributed by atoms with van der Waals surface area (Å²) in [6.07, 6.45) is 1.52. The minimum Gasteiger partial charge on any atom is -0.431 e. The number of fused-ring (bicyclic) bond motifs is 1. The number of amides is 1. The van der Waals surface area contributed by atoms with Gasteiger partial charge in [-0.2, -0.15) is 4.98 Å². The van der Waals surface area contributed by atoms with E-state index in [0.29, 0.717) is 49.9 Å². The maximum absolute atomic E-state index is 11.6. The Hall–Kier alpha value is -3.36. The number of rotatable bonds is 4. The molecule has 3 aromatic rings. The average molecular weight is 443 g/mol. The number of anilines is 3. The first-order valence-electron chi connectivity index (χ1n) is 8.83. The van der Waals surface area contributed by atoms with E-state index in [0.717, 1.165) is 0 Å². The molecule has 0 unspecified atom stereocenters. The van der Waals surface area contributed by atoms with Gasteiger partial charge in [-0.05, 0) is 36.8 Å². The molecule has 1 aliphatic heterocycles. The number of carbonyl (C=O) groups excluding carboxylic acids is 1.